The van der Waals surface area contributed by atoms with E-state index in [1.54, 1.807) is 18.6 Å². The minimum absolute atomic E-state index is 0.264. The van der Waals surface area contributed by atoms with Crippen LogP contribution in [0.15, 0.2) is 49.1 Å². The second-order valence-electron chi connectivity index (χ2n) is 5.58. The summed E-state index contributed by atoms with van der Waals surface area (Å²) in [5, 5.41) is 4.08. The molecule has 0 spiro atoms. The summed E-state index contributed by atoms with van der Waals surface area (Å²) in [5.74, 6) is 0.126. The van der Waals surface area contributed by atoms with Crippen LogP contribution in [-0.4, -0.2) is 30.4 Å². The van der Waals surface area contributed by atoms with E-state index in [2.05, 4.69) is 25.3 Å². The van der Waals surface area contributed by atoms with Gasteiger partial charge in [0, 0.05) is 48.8 Å². The maximum atomic E-state index is 11.0. The zero-order valence-electron chi connectivity index (χ0n) is 13.3. The van der Waals surface area contributed by atoms with Crippen LogP contribution >= 0.6 is 0 Å². The average molecular weight is 333 g/mol. The molecular formula is C17H15N7O. The number of fused-ring (bicyclic) bond motifs is 2. The Labute approximate surface area is 142 Å². The third-order valence-corrected chi connectivity index (χ3v) is 3.83. The molecule has 8 nitrogen and oxygen atoms in total. The van der Waals surface area contributed by atoms with E-state index in [1.165, 1.54) is 0 Å². The number of anilines is 2. The molecule has 8 heteroatoms. The van der Waals surface area contributed by atoms with Crippen molar-refractivity contribution in [1.82, 2.24) is 24.5 Å². The molecule has 25 heavy (non-hydrogen) atoms. The fourth-order valence-corrected chi connectivity index (χ4v) is 2.61. The lowest BCUT2D eigenvalue weighted by molar-refractivity contribution is -0.118. The number of nitrogens with zero attached hydrogens (tertiary/aromatic N) is 5. The van der Waals surface area contributed by atoms with Gasteiger partial charge in [-0.25, -0.2) is 4.98 Å². The molecule has 0 aliphatic heterocycles. The molecule has 0 atom stereocenters. The van der Waals surface area contributed by atoms with Crippen molar-refractivity contribution in [3.05, 3.63) is 49.1 Å². The first-order valence-electron chi connectivity index (χ1n) is 7.77. The van der Waals surface area contributed by atoms with Gasteiger partial charge in [0.2, 0.25) is 11.9 Å². The van der Waals surface area contributed by atoms with Gasteiger partial charge in [0.05, 0.1) is 11.0 Å². The molecule has 0 radical (unpaired) electrons. The van der Waals surface area contributed by atoms with Crippen LogP contribution in [0.5, 0.6) is 0 Å². The summed E-state index contributed by atoms with van der Waals surface area (Å²) < 4.78 is 1.89. The minimum atomic E-state index is -0.341. The van der Waals surface area contributed by atoms with E-state index in [0.717, 1.165) is 27.8 Å². The highest BCUT2D eigenvalue weighted by Crippen LogP contribution is 2.20. The third-order valence-electron chi connectivity index (χ3n) is 3.83. The van der Waals surface area contributed by atoms with Crippen molar-refractivity contribution in [2.24, 2.45) is 5.73 Å². The molecule has 0 unspecified atom stereocenters. The number of nitrogens with two attached hydrogens (primary N) is 1. The lowest BCUT2D eigenvalue weighted by atomic mass is 10.2. The standard InChI is InChI=1S/C17H15N7O/c18-15(25)4-8-24-7-3-11-10-21-17(23-16(11)24)22-12-1-2-13-14(9-12)20-6-5-19-13/h1-3,5-7,9-10H,4,8H2,(H2,18,25)(H,21,22,23). The number of rotatable bonds is 5. The summed E-state index contributed by atoms with van der Waals surface area (Å²) in [6, 6.07) is 7.59. The highest BCUT2D eigenvalue weighted by molar-refractivity contribution is 5.80. The quantitative estimate of drug-likeness (QED) is 0.578. The Kier molecular flexibility index (Phi) is 3.70. The number of carbonyl (C=O) groups excluding carboxylic acids is 1. The summed E-state index contributed by atoms with van der Waals surface area (Å²) >= 11 is 0. The lowest BCUT2D eigenvalue weighted by Gasteiger charge is -2.07. The van der Waals surface area contributed by atoms with Gasteiger partial charge < -0.3 is 15.6 Å². The van der Waals surface area contributed by atoms with Crippen molar-refractivity contribution in [2.45, 2.75) is 13.0 Å². The fraction of sp³-hybridized carbons (Fsp3) is 0.118. The molecule has 124 valence electrons. The highest BCUT2D eigenvalue weighted by Gasteiger charge is 2.07. The lowest BCUT2D eigenvalue weighted by Crippen LogP contribution is -2.13. The number of amides is 1. The van der Waals surface area contributed by atoms with E-state index in [9.17, 15) is 4.79 Å². The van der Waals surface area contributed by atoms with Gasteiger partial charge in [0.25, 0.3) is 0 Å². The molecular weight excluding hydrogens is 318 g/mol. The summed E-state index contributed by atoms with van der Waals surface area (Å²) in [4.78, 5) is 28.4. The van der Waals surface area contributed by atoms with Crippen LogP contribution in [0.25, 0.3) is 22.1 Å². The summed E-state index contributed by atoms with van der Waals surface area (Å²) in [5.41, 5.74) is 8.41. The molecule has 3 aromatic heterocycles. The number of aryl methyl sites for hydroxylation is 1. The molecule has 0 bridgehead atoms. The Morgan fingerprint density at radius 2 is 1.96 bits per heavy atom. The van der Waals surface area contributed by atoms with Crippen LogP contribution < -0.4 is 11.1 Å². The van der Waals surface area contributed by atoms with E-state index < -0.39 is 0 Å². The SMILES string of the molecule is NC(=O)CCn1ccc2cnc(Nc3ccc4nccnc4c3)nc21. The predicted octanol–water partition coefficient (Wildman–Crippen LogP) is 1.99. The van der Waals surface area contributed by atoms with Crippen molar-refractivity contribution in [3.8, 4) is 0 Å². The van der Waals surface area contributed by atoms with Gasteiger partial charge in [-0.3, -0.25) is 14.8 Å². The van der Waals surface area contributed by atoms with Crippen LogP contribution in [0.1, 0.15) is 6.42 Å². The Bertz CT molecular complexity index is 1070. The van der Waals surface area contributed by atoms with E-state index >= 15 is 0 Å². The predicted molar refractivity (Wildman–Crippen MR) is 94.2 cm³/mol. The normalized spacial score (nSPS) is 11.0. The third kappa shape index (κ3) is 3.09. The number of primary amides is 1. The van der Waals surface area contributed by atoms with E-state index in [0.29, 0.717) is 12.5 Å². The maximum Gasteiger partial charge on any atom is 0.229 e. The van der Waals surface area contributed by atoms with Crippen molar-refractivity contribution >= 4 is 39.6 Å². The van der Waals surface area contributed by atoms with Crippen LogP contribution in [0.3, 0.4) is 0 Å². The number of hydrogen-bond donors (Lipinski definition) is 2. The molecule has 3 N–H and O–H groups in total. The topological polar surface area (TPSA) is 112 Å². The van der Waals surface area contributed by atoms with Crippen LogP contribution in [0.2, 0.25) is 0 Å². The molecule has 0 saturated heterocycles. The van der Waals surface area contributed by atoms with Crippen molar-refractivity contribution < 1.29 is 4.79 Å². The second-order valence-corrected chi connectivity index (χ2v) is 5.58. The maximum absolute atomic E-state index is 11.0. The smallest absolute Gasteiger partial charge is 0.229 e. The Morgan fingerprint density at radius 1 is 1.12 bits per heavy atom. The number of benzene rings is 1. The van der Waals surface area contributed by atoms with Crippen LogP contribution in [-0.2, 0) is 11.3 Å². The first kappa shape index (κ1) is 15.0. The Morgan fingerprint density at radius 3 is 2.80 bits per heavy atom. The van der Waals surface area contributed by atoms with Gasteiger partial charge in [0.15, 0.2) is 0 Å². The second kappa shape index (κ2) is 6.16. The summed E-state index contributed by atoms with van der Waals surface area (Å²) in [6.07, 6.45) is 7.19. The molecule has 4 rings (SSSR count). The van der Waals surface area contributed by atoms with Crippen LogP contribution in [0.4, 0.5) is 11.6 Å². The van der Waals surface area contributed by atoms with E-state index in [-0.39, 0.29) is 12.3 Å². The molecule has 3 heterocycles. The van der Waals surface area contributed by atoms with Gasteiger partial charge in [-0.1, -0.05) is 0 Å². The Balaban J connectivity index is 1.63. The first-order chi connectivity index (χ1) is 12.2. The van der Waals surface area contributed by atoms with Gasteiger partial charge in [0.1, 0.15) is 5.65 Å². The zero-order chi connectivity index (χ0) is 17.2. The molecule has 1 amide bonds. The summed E-state index contributed by atoms with van der Waals surface area (Å²) in [6.45, 7) is 0.487. The van der Waals surface area contributed by atoms with Crippen LogP contribution in [0, 0.1) is 0 Å². The molecule has 1 aromatic carbocycles. The number of carbonyl (C=O) groups is 1. The monoisotopic (exact) mass is 333 g/mol. The highest BCUT2D eigenvalue weighted by atomic mass is 16.1. The van der Waals surface area contributed by atoms with Gasteiger partial charge >= 0.3 is 0 Å². The van der Waals surface area contributed by atoms with Gasteiger partial charge in [-0.2, -0.15) is 4.98 Å². The van der Waals surface area contributed by atoms with Crippen molar-refractivity contribution in [3.63, 3.8) is 0 Å². The van der Waals surface area contributed by atoms with Crippen molar-refractivity contribution in [2.75, 3.05) is 5.32 Å². The van der Waals surface area contributed by atoms with Gasteiger partial charge in [-0.15, -0.1) is 0 Å². The number of hydrogen-bond acceptors (Lipinski definition) is 6. The zero-order valence-corrected chi connectivity index (χ0v) is 13.3. The number of nitrogens with one attached hydrogen (secondary N) is 1. The molecule has 0 fully saturated rings. The largest absolute Gasteiger partial charge is 0.370 e. The fourth-order valence-electron chi connectivity index (χ4n) is 2.61. The number of aromatic nitrogens is 5. The molecule has 4 aromatic rings. The molecule has 0 aliphatic carbocycles. The minimum Gasteiger partial charge on any atom is -0.370 e. The van der Waals surface area contributed by atoms with E-state index in [4.69, 9.17) is 5.73 Å². The van der Waals surface area contributed by atoms with Crippen molar-refractivity contribution in [1.29, 1.82) is 0 Å². The first-order valence-corrected chi connectivity index (χ1v) is 7.77. The Hall–Kier alpha value is -3.55. The van der Waals surface area contributed by atoms with Gasteiger partial charge in [-0.05, 0) is 24.3 Å². The molecule has 0 saturated carbocycles. The van der Waals surface area contributed by atoms with E-state index in [1.807, 2.05) is 35.0 Å². The average Bonchev–Trinajstić information content (AvgIpc) is 3.02. The molecule has 0 aliphatic rings. The summed E-state index contributed by atoms with van der Waals surface area (Å²) in [7, 11) is 0.